The number of nitrogens with zero attached hydrogens (tertiary/aromatic N) is 1. The van der Waals surface area contributed by atoms with E-state index in [1.807, 2.05) is 0 Å². The molecule has 0 saturated heterocycles. The molecule has 1 N–H and O–H groups in total. The molecule has 6 nitrogen and oxygen atoms in total. The molecule has 7 heteroatoms. The summed E-state index contributed by atoms with van der Waals surface area (Å²) in [7, 11) is 2.95. The number of methoxy groups -OCH3 is 2. The zero-order valence-electron chi connectivity index (χ0n) is 12.4. The number of ether oxygens (including phenoxy) is 2. The molecule has 0 bridgehead atoms. The molecule has 1 aromatic heterocycles. The lowest BCUT2D eigenvalue weighted by Gasteiger charge is -2.05. The van der Waals surface area contributed by atoms with Gasteiger partial charge >= 0.3 is 5.97 Å². The van der Waals surface area contributed by atoms with Crippen molar-refractivity contribution in [1.82, 2.24) is 5.16 Å². The van der Waals surface area contributed by atoms with E-state index in [4.69, 9.17) is 25.6 Å². The highest BCUT2D eigenvalue weighted by molar-refractivity contribution is 6.30. The molecule has 1 heterocycles. The SMILES string of the molecule is COCCCNc1onc(-c2ccc(Cl)cc2)c1C(=O)OC. The fourth-order valence-corrected chi connectivity index (χ4v) is 2.05. The molecule has 118 valence electrons. The van der Waals surface area contributed by atoms with E-state index in [2.05, 4.69) is 10.5 Å². The molecule has 1 aromatic carbocycles. The van der Waals surface area contributed by atoms with E-state index in [-0.39, 0.29) is 11.4 Å². The second-order valence-corrected chi connectivity index (χ2v) is 4.94. The van der Waals surface area contributed by atoms with Gasteiger partial charge in [-0.2, -0.15) is 0 Å². The highest BCUT2D eigenvalue weighted by atomic mass is 35.5. The maximum atomic E-state index is 12.0. The largest absolute Gasteiger partial charge is 0.465 e. The summed E-state index contributed by atoms with van der Waals surface area (Å²) in [5.74, 6) is -0.228. The first-order valence-corrected chi connectivity index (χ1v) is 7.12. The van der Waals surface area contributed by atoms with E-state index in [9.17, 15) is 4.79 Å². The van der Waals surface area contributed by atoms with Gasteiger partial charge < -0.3 is 19.3 Å². The van der Waals surface area contributed by atoms with Gasteiger partial charge in [0.25, 0.3) is 0 Å². The van der Waals surface area contributed by atoms with Crippen LogP contribution >= 0.6 is 11.6 Å². The molecule has 22 heavy (non-hydrogen) atoms. The number of hydrogen-bond donors (Lipinski definition) is 1. The summed E-state index contributed by atoms with van der Waals surface area (Å²) in [6.45, 7) is 1.20. The van der Waals surface area contributed by atoms with Crippen molar-refractivity contribution in [3.05, 3.63) is 34.9 Å². The van der Waals surface area contributed by atoms with Crippen molar-refractivity contribution in [2.75, 3.05) is 32.7 Å². The molecule has 2 aromatic rings. The minimum Gasteiger partial charge on any atom is -0.465 e. The average Bonchev–Trinajstić information content (AvgIpc) is 2.95. The number of hydrogen-bond acceptors (Lipinski definition) is 6. The standard InChI is InChI=1S/C15H17ClN2O4/c1-20-9-3-8-17-14-12(15(19)21-2)13(18-22-14)10-4-6-11(16)7-5-10/h4-7,17H,3,8-9H2,1-2H3. The molecule has 0 fully saturated rings. The Balaban J connectivity index is 2.28. The molecular formula is C15H17ClN2O4. The van der Waals surface area contributed by atoms with Crippen LogP contribution in [0.2, 0.25) is 5.02 Å². The Bertz CT molecular complexity index is 625. The zero-order valence-corrected chi connectivity index (χ0v) is 13.1. The summed E-state index contributed by atoms with van der Waals surface area (Å²) in [5.41, 5.74) is 1.40. The molecule has 0 aliphatic carbocycles. The van der Waals surface area contributed by atoms with E-state index in [1.165, 1.54) is 7.11 Å². The van der Waals surface area contributed by atoms with Crippen LogP contribution in [0.3, 0.4) is 0 Å². The van der Waals surface area contributed by atoms with Crippen LogP contribution in [0.5, 0.6) is 0 Å². The van der Waals surface area contributed by atoms with Crippen molar-refractivity contribution in [3.8, 4) is 11.3 Å². The smallest absolute Gasteiger partial charge is 0.345 e. The maximum Gasteiger partial charge on any atom is 0.345 e. The predicted octanol–water partition coefficient (Wildman–Crippen LogP) is 3.23. The van der Waals surface area contributed by atoms with Crippen LogP contribution in [-0.2, 0) is 9.47 Å². The fraction of sp³-hybridized carbons (Fsp3) is 0.333. The average molecular weight is 325 g/mol. The van der Waals surface area contributed by atoms with E-state index in [0.717, 1.165) is 12.0 Å². The molecule has 0 atom stereocenters. The highest BCUT2D eigenvalue weighted by Gasteiger charge is 2.24. The summed E-state index contributed by atoms with van der Waals surface area (Å²) in [6.07, 6.45) is 0.772. The Hall–Kier alpha value is -2.05. The number of carbonyl (C=O) groups excluding carboxylic acids is 1. The van der Waals surface area contributed by atoms with Crippen molar-refractivity contribution in [2.45, 2.75) is 6.42 Å². The number of aromatic nitrogens is 1. The van der Waals surface area contributed by atoms with E-state index in [1.54, 1.807) is 31.4 Å². The number of esters is 1. The first-order chi connectivity index (χ1) is 10.7. The Morgan fingerprint density at radius 2 is 2.05 bits per heavy atom. The zero-order chi connectivity index (χ0) is 15.9. The number of anilines is 1. The Labute approximate surface area is 133 Å². The van der Waals surface area contributed by atoms with E-state index < -0.39 is 5.97 Å². The highest BCUT2D eigenvalue weighted by Crippen LogP contribution is 2.30. The summed E-state index contributed by atoms with van der Waals surface area (Å²) < 4.78 is 15.0. The molecule has 0 radical (unpaired) electrons. The van der Waals surface area contributed by atoms with Gasteiger partial charge in [0.15, 0.2) is 5.56 Å². The molecule has 0 unspecified atom stereocenters. The van der Waals surface area contributed by atoms with Gasteiger partial charge in [-0.25, -0.2) is 4.79 Å². The molecule has 0 saturated carbocycles. The number of carbonyl (C=O) groups is 1. The Morgan fingerprint density at radius 1 is 1.32 bits per heavy atom. The third kappa shape index (κ3) is 3.78. The van der Waals surface area contributed by atoms with Crippen LogP contribution in [0, 0.1) is 0 Å². The summed E-state index contributed by atoms with van der Waals surface area (Å²) in [6, 6.07) is 6.97. The first-order valence-electron chi connectivity index (χ1n) is 6.74. The molecule has 0 aliphatic heterocycles. The second-order valence-electron chi connectivity index (χ2n) is 4.51. The first kappa shape index (κ1) is 16.3. The number of nitrogens with one attached hydrogen (secondary N) is 1. The van der Waals surface area contributed by atoms with Crippen LogP contribution in [0.4, 0.5) is 5.88 Å². The Morgan fingerprint density at radius 3 is 2.68 bits per heavy atom. The molecular weight excluding hydrogens is 308 g/mol. The van der Waals surface area contributed by atoms with E-state index in [0.29, 0.717) is 23.9 Å². The van der Waals surface area contributed by atoms with Gasteiger partial charge in [0, 0.05) is 30.8 Å². The Kier molecular flexibility index (Phi) is 5.80. The van der Waals surface area contributed by atoms with Crippen LogP contribution in [-0.4, -0.2) is 38.5 Å². The third-order valence-electron chi connectivity index (χ3n) is 3.01. The fourth-order valence-electron chi connectivity index (χ4n) is 1.93. The topological polar surface area (TPSA) is 73.6 Å². The lowest BCUT2D eigenvalue weighted by atomic mass is 10.1. The van der Waals surface area contributed by atoms with E-state index >= 15 is 0 Å². The second kappa shape index (κ2) is 7.82. The molecule has 2 rings (SSSR count). The quantitative estimate of drug-likeness (QED) is 0.622. The van der Waals surface area contributed by atoms with Gasteiger partial charge in [0.1, 0.15) is 5.69 Å². The van der Waals surface area contributed by atoms with Gasteiger partial charge in [0.2, 0.25) is 5.88 Å². The molecule has 0 spiro atoms. The number of halogens is 1. The van der Waals surface area contributed by atoms with Crippen LogP contribution in [0.1, 0.15) is 16.8 Å². The minimum atomic E-state index is -0.513. The van der Waals surface area contributed by atoms with Crippen LogP contribution in [0.15, 0.2) is 28.8 Å². The normalized spacial score (nSPS) is 10.5. The van der Waals surface area contributed by atoms with Crippen LogP contribution in [0.25, 0.3) is 11.3 Å². The van der Waals surface area contributed by atoms with Gasteiger partial charge in [0.05, 0.1) is 7.11 Å². The van der Waals surface area contributed by atoms with Gasteiger partial charge in [-0.05, 0) is 18.6 Å². The van der Waals surface area contributed by atoms with Gasteiger partial charge in [-0.15, -0.1) is 0 Å². The third-order valence-corrected chi connectivity index (χ3v) is 3.26. The van der Waals surface area contributed by atoms with Crippen molar-refractivity contribution in [1.29, 1.82) is 0 Å². The van der Waals surface area contributed by atoms with Crippen LogP contribution < -0.4 is 5.32 Å². The lowest BCUT2D eigenvalue weighted by molar-refractivity contribution is 0.0602. The van der Waals surface area contributed by atoms with Gasteiger partial charge in [-0.3, -0.25) is 0 Å². The summed E-state index contributed by atoms with van der Waals surface area (Å²) in [5, 5.41) is 7.60. The van der Waals surface area contributed by atoms with Crippen molar-refractivity contribution >= 4 is 23.5 Å². The minimum absolute atomic E-state index is 0.266. The molecule has 0 amide bonds. The summed E-state index contributed by atoms with van der Waals surface area (Å²) in [4.78, 5) is 12.0. The van der Waals surface area contributed by atoms with Gasteiger partial charge in [-0.1, -0.05) is 28.9 Å². The van der Waals surface area contributed by atoms with Crippen molar-refractivity contribution in [2.24, 2.45) is 0 Å². The van der Waals surface area contributed by atoms with Crippen molar-refractivity contribution < 1.29 is 18.8 Å². The van der Waals surface area contributed by atoms with Crippen molar-refractivity contribution in [3.63, 3.8) is 0 Å². The number of benzene rings is 1. The lowest BCUT2D eigenvalue weighted by Crippen LogP contribution is -2.09. The monoisotopic (exact) mass is 324 g/mol. The number of rotatable bonds is 7. The maximum absolute atomic E-state index is 12.0. The summed E-state index contributed by atoms with van der Waals surface area (Å²) >= 11 is 5.87. The predicted molar refractivity (Wildman–Crippen MR) is 83.3 cm³/mol. The molecule has 0 aliphatic rings.